The Hall–Kier alpha value is -2.49. The quantitative estimate of drug-likeness (QED) is 0.729. The van der Waals surface area contributed by atoms with Crippen molar-refractivity contribution >= 4 is 23.6 Å². The van der Waals surface area contributed by atoms with Gasteiger partial charge in [0.25, 0.3) is 0 Å². The van der Waals surface area contributed by atoms with Crippen molar-refractivity contribution in [1.82, 2.24) is 19.9 Å². The molecule has 2 amide bonds. The zero-order valence-electron chi connectivity index (χ0n) is 13.1. The largest absolute Gasteiger partial charge is 0.480 e. The first kappa shape index (κ1) is 16.4. The van der Waals surface area contributed by atoms with Crippen LogP contribution >= 0.6 is 0 Å². The van der Waals surface area contributed by atoms with Gasteiger partial charge in [0.05, 0.1) is 19.4 Å². The van der Waals surface area contributed by atoms with E-state index in [1.165, 1.54) is 15.8 Å². The predicted octanol–water partition coefficient (Wildman–Crippen LogP) is -0.671. The van der Waals surface area contributed by atoms with Gasteiger partial charge in [0.1, 0.15) is 6.54 Å². The molecule has 2 aliphatic rings. The summed E-state index contributed by atoms with van der Waals surface area (Å²) in [7, 11) is 0. The number of rotatable bonds is 5. The molecular formula is C14H19N5O5. The van der Waals surface area contributed by atoms with Crippen LogP contribution in [0.4, 0.5) is 5.82 Å². The van der Waals surface area contributed by atoms with Crippen molar-refractivity contribution in [2.24, 2.45) is 5.92 Å². The molecule has 2 N–H and O–H groups in total. The Morgan fingerprint density at radius 1 is 1.38 bits per heavy atom. The molecule has 0 spiro atoms. The van der Waals surface area contributed by atoms with Crippen LogP contribution in [0.15, 0.2) is 6.20 Å². The standard InChI is InChI=1S/C14H19N5O5/c20-12(19-4-5-24-8-10(19)14(22)23)7-18-6-11(16-17-18)15-13(21)9-2-1-3-9/h6,9-10H,1-5,7-8H2,(H,15,21)(H,22,23). The molecule has 1 unspecified atom stereocenters. The van der Waals surface area contributed by atoms with Crippen LogP contribution in [-0.2, 0) is 25.7 Å². The predicted molar refractivity (Wildman–Crippen MR) is 79.9 cm³/mol. The van der Waals surface area contributed by atoms with Gasteiger partial charge in [-0.05, 0) is 12.8 Å². The number of nitrogens with zero attached hydrogens (tertiary/aromatic N) is 4. The number of aliphatic carboxylic acids is 1. The zero-order chi connectivity index (χ0) is 17.1. The van der Waals surface area contributed by atoms with Crippen molar-refractivity contribution in [2.45, 2.75) is 31.8 Å². The highest BCUT2D eigenvalue weighted by Gasteiger charge is 2.33. The summed E-state index contributed by atoms with van der Waals surface area (Å²) < 4.78 is 6.39. The van der Waals surface area contributed by atoms with Gasteiger partial charge >= 0.3 is 5.97 Å². The molecule has 0 bridgehead atoms. The Kier molecular flexibility index (Phi) is 4.74. The van der Waals surface area contributed by atoms with Crippen molar-refractivity contribution in [3.05, 3.63) is 6.20 Å². The van der Waals surface area contributed by atoms with Gasteiger partial charge in [-0.2, -0.15) is 0 Å². The second-order valence-electron chi connectivity index (χ2n) is 5.93. The van der Waals surface area contributed by atoms with Crippen LogP contribution in [0.2, 0.25) is 0 Å². The van der Waals surface area contributed by atoms with Crippen LogP contribution in [0.25, 0.3) is 0 Å². The highest BCUT2D eigenvalue weighted by atomic mass is 16.5. The number of hydrogen-bond acceptors (Lipinski definition) is 6. The summed E-state index contributed by atoms with van der Waals surface area (Å²) in [5.74, 6) is -1.25. The first-order valence-corrected chi connectivity index (χ1v) is 7.85. The summed E-state index contributed by atoms with van der Waals surface area (Å²) in [6.45, 7) is 0.350. The first-order valence-electron chi connectivity index (χ1n) is 7.85. The van der Waals surface area contributed by atoms with Crippen molar-refractivity contribution in [3.8, 4) is 0 Å². The summed E-state index contributed by atoms with van der Waals surface area (Å²) in [6.07, 6.45) is 4.28. The van der Waals surface area contributed by atoms with Crippen LogP contribution in [0.1, 0.15) is 19.3 Å². The van der Waals surface area contributed by atoms with E-state index in [-0.39, 0.29) is 43.2 Å². The molecule has 1 atom stereocenters. The summed E-state index contributed by atoms with van der Waals surface area (Å²) in [6, 6.07) is -0.993. The van der Waals surface area contributed by atoms with Gasteiger partial charge in [-0.15, -0.1) is 5.10 Å². The monoisotopic (exact) mass is 337 g/mol. The first-order chi connectivity index (χ1) is 11.5. The Morgan fingerprint density at radius 2 is 2.17 bits per heavy atom. The number of anilines is 1. The molecule has 1 aromatic heterocycles. The van der Waals surface area contributed by atoms with Gasteiger partial charge in [-0.1, -0.05) is 11.6 Å². The van der Waals surface area contributed by atoms with Crippen molar-refractivity contribution < 1.29 is 24.2 Å². The summed E-state index contributed by atoms with van der Waals surface area (Å²) >= 11 is 0. The number of ether oxygens (including phenoxy) is 1. The lowest BCUT2D eigenvalue weighted by molar-refractivity contribution is -0.158. The number of nitrogens with one attached hydrogen (secondary N) is 1. The minimum absolute atomic E-state index is 0.0267. The van der Waals surface area contributed by atoms with Crippen LogP contribution in [0, 0.1) is 5.92 Å². The fourth-order valence-corrected chi connectivity index (χ4v) is 2.67. The molecular weight excluding hydrogens is 318 g/mol. The maximum absolute atomic E-state index is 12.3. The van der Waals surface area contributed by atoms with Gasteiger partial charge < -0.3 is 20.1 Å². The molecule has 130 valence electrons. The van der Waals surface area contributed by atoms with E-state index in [0.717, 1.165) is 19.3 Å². The van der Waals surface area contributed by atoms with E-state index in [1.807, 2.05) is 0 Å². The number of amides is 2. The average molecular weight is 337 g/mol. The topological polar surface area (TPSA) is 127 Å². The van der Waals surface area contributed by atoms with Crippen molar-refractivity contribution in [1.29, 1.82) is 0 Å². The molecule has 10 nitrogen and oxygen atoms in total. The zero-order valence-corrected chi connectivity index (χ0v) is 13.1. The number of hydrogen-bond donors (Lipinski definition) is 2. The molecule has 1 saturated carbocycles. The number of morpholine rings is 1. The minimum atomic E-state index is -1.10. The molecule has 2 fully saturated rings. The molecule has 1 aromatic rings. The van der Waals surface area contributed by atoms with Crippen molar-refractivity contribution in [2.75, 3.05) is 25.1 Å². The third-order valence-electron chi connectivity index (χ3n) is 4.30. The fraction of sp³-hybridized carbons (Fsp3) is 0.643. The summed E-state index contributed by atoms with van der Waals surface area (Å²) in [5, 5.41) is 19.4. The molecule has 24 heavy (non-hydrogen) atoms. The summed E-state index contributed by atoms with van der Waals surface area (Å²) in [4.78, 5) is 36.6. The molecule has 2 heterocycles. The van der Waals surface area contributed by atoms with E-state index in [4.69, 9.17) is 9.84 Å². The smallest absolute Gasteiger partial charge is 0.328 e. The highest BCUT2D eigenvalue weighted by molar-refractivity contribution is 5.92. The second kappa shape index (κ2) is 6.95. The lowest BCUT2D eigenvalue weighted by Gasteiger charge is -2.32. The van der Waals surface area contributed by atoms with E-state index in [9.17, 15) is 14.4 Å². The highest BCUT2D eigenvalue weighted by Crippen LogP contribution is 2.27. The van der Waals surface area contributed by atoms with Gasteiger partial charge in [0.15, 0.2) is 11.9 Å². The molecule has 3 rings (SSSR count). The SMILES string of the molecule is O=C(Nc1cn(CC(=O)N2CCOCC2C(=O)O)nn1)C1CCC1. The van der Waals surface area contributed by atoms with E-state index < -0.39 is 12.0 Å². The minimum Gasteiger partial charge on any atom is -0.480 e. The number of carbonyl (C=O) groups is 3. The van der Waals surface area contributed by atoms with Gasteiger partial charge in [0.2, 0.25) is 11.8 Å². The van der Waals surface area contributed by atoms with Gasteiger partial charge in [-0.25, -0.2) is 9.48 Å². The number of aromatic nitrogens is 3. The van der Waals surface area contributed by atoms with Gasteiger partial charge in [-0.3, -0.25) is 9.59 Å². The number of carboxylic acid groups (broad SMARTS) is 1. The van der Waals surface area contributed by atoms with Crippen LogP contribution in [-0.4, -0.2) is 68.6 Å². The third-order valence-corrected chi connectivity index (χ3v) is 4.30. The van der Waals surface area contributed by atoms with E-state index in [2.05, 4.69) is 15.6 Å². The van der Waals surface area contributed by atoms with E-state index >= 15 is 0 Å². The number of carboxylic acids is 1. The molecule has 0 radical (unpaired) electrons. The third kappa shape index (κ3) is 3.53. The maximum atomic E-state index is 12.3. The lowest BCUT2D eigenvalue weighted by Crippen LogP contribution is -2.53. The van der Waals surface area contributed by atoms with Gasteiger partial charge in [0, 0.05) is 12.5 Å². The lowest BCUT2D eigenvalue weighted by atomic mass is 9.85. The van der Waals surface area contributed by atoms with E-state index in [0.29, 0.717) is 6.61 Å². The molecule has 10 heteroatoms. The molecule has 1 saturated heterocycles. The van der Waals surface area contributed by atoms with Crippen molar-refractivity contribution in [3.63, 3.8) is 0 Å². The van der Waals surface area contributed by atoms with E-state index in [1.54, 1.807) is 0 Å². The Balaban J connectivity index is 1.58. The normalized spacial score (nSPS) is 21.2. The average Bonchev–Trinajstić information content (AvgIpc) is 2.92. The fourth-order valence-electron chi connectivity index (χ4n) is 2.67. The second-order valence-corrected chi connectivity index (χ2v) is 5.93. The maximum Gasteiger partial charge on any atom is 0.328 e. The van der Waals surface area contributed by atoms with Crippen LogP contribution < -0.4 is 5.32 Å². The molecule has 1 aliphatic carbocycles. The Labute approximate surface area is 137 Å². The van der Waals surface area contributed by atoms with Crippen LogP contribution in [0.3, 0.4) is 0 Å². The Bertz CT molecular complexity index is 641. The molecule has 1 aliphatic heterocycles. The number of carbonyl (C=O) groups excluding carboxylic acids is 2. The Morgan fingerprint density at radius 3 is 2.83 bits per heavy atom. The molecule has 0 aromatic carbocycles. The summed E-state index contributed by atoms with van der Waals surface area (Å²) in [5.41, 5.74) is 0. The van der Waals surface area contributed by atoms with Crippen LogP contribution in [0.5, 0.6) is 0 Å².